The first-order chi connectivity index (χ1) is 2.56. The van der Waals surface area contributed by atoms with E-state index in [1.54, 1.807) is 0 Å². The third-order valence-corrected chi connectivity index (χ3v) is 3.18. The van der Waals surface area contributed by atoms with E-state index in [2.05, 4.69) is 0 Å². The Morgan fingerprint density at radius 1 is 1.17 bits per heavy atom. The molecule has 0 aromatic heterocycles. The normalized spacial score (nSPS) is 14.0. The van der Waals surface area contributed by atoms with Gasteiger partial charge in [-0.15, -0.1) is 0 Å². The molecule has 4 nitrogen and oxygen atoms in total. The summed E-state index contributed by atoms with van der Waals surface area (Å²) in [6.07, 6.45) is 0. The standard InChI is InChI=1S/H10N4Si2/c1-5-6(2,3)4/h1-5H2. The fourth-order valence-corrected chi connectivity index (χ4v) is 0. The van der Waals surface area contributed by atoms with Crippen LogP contribution in [0.5, 0.6) is 0 Å². The maximum atomic E-state index is 5.17. The molecule has 6 heteroatoms. The minimum Gasteiger partial charge on any atom is -0.354 e. The molecular weight excluding hydrogens is 112 g/mol. The third-order valence-electron chi connectivity index (χ3n) is 0.354. The summed E-state index contributed by atoms with van der Waals surface area (Å²) >= 11 is 0. The Labute approximate surface area is 39.8 Å². The molecule has 0 rings (SSSR count). The fourth-order valence-electron chi connectivity index (χ4n) is 0. The Balaban J connectivity index is 3.17. The molecule has 0 fully saturated rings. The van der Waals surface area contributed by atoms with Gasteiger partial charge in [-0.25, -0.2) is 0 Å². The van der Waals surface area contributed by atoms with Gasteiger partial charge in [-0.1, -0.05) is 0 Å². The summed E-state index contributed by atoms with van der Waals surface area (Å²) in [5.74, 6) is 0. The quantitative estimate of drug-likeness (QED) is 0.269. The van der Waals surface area contributed by atoms with Gasteiger partial charge in [0.15, 0.2) is 0 Å². The Bertz CT molecular complexity index is 35.3. The van der Waals surface area contributed by atoms with Crippen LogP contribution in [-0.4, -0.2) is 17.3 Å². The van der Waals surface area contributed by atoms with E-state index in [0.717, 1.165) is 0 Å². The first-order valence-corrected chi connectivity index (χ1v) is 7.00. The Morgan fingerprint density at radius 3 is 1.33 bits per heavy atom. The van der Waals surface area contributed by atoms with Crippen LogP contribution in [0.15, 0.2) is 0 Å². The minimum absolute atomic E-state index is 0.775. The lowest BCUT2D eigenvalue weighted by Gasteiger charge is -2.07. The summed E-state index contributed by atoms with van der Waals surface area (Å²) in [6, 6.07) is 0. The summed E-state index contributed by atoms with van der Waals surface area (Å²) in [6.45, 7) is 0. The average molecular weight is 122 g/mol. The molecule has 0 radical (unpaired) electrons. The largest absolute Gasteiger partial charge is 0.354 e. The van der Waals surface area contributed by atoms with Crippen molar-refractivity contribution >= 4 is 17.3 Å². The van der Waals surface area contributed by atoms with E-state index < -0.39 is 17.3 Å². The lowest BCUT2D eigenvalue weighted by Crippen LogP contribution is -2.72. The molecule has 38 valence electrons. The summed E-state index contributed by atoms with van der Waals surface area (Å²) in [5, 5.41) is 20.6. The van der Waals surface area contributed by atoms with Gasteiger partial charge >= 0.3 is 0 Å². The summed E-state index contributed by atoms with van der Waals surface area (Å²) in [4.78, 5) is 0. The van der Waals surface area contributed by atoms with E-state index in [0.29, 0.717) is 0 Å². The zero-order valence-corrected chi connectivity index (χ0v) is 5.93. The molecule has 0 heterocycles. The van der Waals surface area contributed by atoms with Crippen LogP contribution >= 0.6 is 0 Å². The van der Waals surface area contributed by atoms with Crippen LogP contribution in [0.2, 0.25) is 0 Å². The highest BCUT2D eigenvalue weighted by atomic mass is 29.2. The van der Waals surface area contributed by atoms with Gasteiger partial charge in [-0.05, 0) is 0 Å². The lowest BCUT2D eigenvalue weighted by atomic mass is 13.8. The van der Waals surface area contributed by atoms with Crippen molar-refractivity contribution in [1.82, 2.24) is 0 Å². The molecule has 0 unspecified atom stereocenters. The van der Waals surface area contributed by atoms with Gasteiger partial charge < -0.3 is 21.6 Å². The molecule has 0 aromatic rings. The van der Waals surface area contributed by atoms with Gasteiger partial charge in [0.1, 0.15) is 9.20 Å². The molecule has 0 aromatic carbocycles. The number of hydrogen-bond donors (Lipinski definition) is 4. The van der Waals surface area contributed by atoms with E-state index in [4.69, 9.17) is 21.6 Å². The van der Waals surface area contributed by atoms with Crippen molar-refractivity contribution in [1.29, 1.82) is 0 Å². The summed E-state index contributed by atoms with van der Waals surface area (Å²) < 4.78 is 0. The van der Waals surface area contributed by atoms with Crippen molar-refractivity contribution < 1.29 is 0 Å². The lowest BCUT2D eigenvalue weighted by molar-refractivity contribution is 1.50. The number of hydrogen-bond acceptors (Lipinski definition) is 4. The SMILES string of the molecule is N[SiH2][Si](N)(N)N. The van der Waals surface area contributed by atoms with E-state index in [1.807, 2.05) is 0 Å². The van der Waals surface area contributed by atoms with Crippen molar-refractivity contribution in [3.8, 4) is 0 Å². The van der Waals surface area contributed by atoms with Crippen LogP contribution in [0, 0.1) is 0 Å². The topological polar surface area (TPSA) is 104 Å². The molecule has 0 saturated heterocycles. The molecular formula is H10N4Si2. The van der Waals surface area contributed by atoms with Crippen LogP contribution in [-0.2, 0) is 0 Å². The number of rotatable bonds is 1. The fraction of sp³-hybridized carbons (Fsp3) is 0. The third kappa shape index (κ3) is 4.27. The molecule has 0 saturated carbocycles. The van der Waals surface area contributed by atoms with E-state index >= 15 is 0 Å². The summed E-state index contributed by atoms with van der Waals surface area (Å²) in [5.41, 5.74) is 0. The second-order valence-electron chi connectivity index (χ2n) is 1.32. The smallest absolute Gasteiger partial charge is 0.264 e. The molecule has 0 bridgehead atoms. The highest BCUT2D eigenvalue weighted by molar-refractivity contribution is 7.18. The van der Waals surface area contributed by atoms with Crippen molar-refractivity contribution in [2.45, 2.75) is 0 Å². The second kappa shape index (κ2) is 1.82. The van der Waals surface area contributed by atoms with E-state index in [-0.39, 0.29) is 0 Å². The van der Waals surface area contributed by atoms with Gasteiger partial charge in [0, 0.05) is 0 Å². The molecule has 0 atom stereocenters. The molecule has 0 aliphatic carbocycles. The molecule has 0 aliphatic rings. The predicted octanol–water partition coefficient (Wildman–Crippen LogP) is -3.66. The summed E-state index contributed by atoms with van der Waals surface area (Å²) in [7, 11) is -2.99. The van der Waals surface area contributed by atoms with Crippen molar-refractivity contribution in [2.24, 2.45) is 21.6 Å². The van der Waals surface area contributed by atoms with Crippen LogP contribution in [0.1, 0.15) is 0 Å². The second-order valence-corrected chi connectivity index (χ2v) is 8.85. The van der Waals surface area contributed by atoms with Crippen LogP contribution in [0.3, 0.4) is 0 Å². The molecule has 8 N–H and O–H groups in total. The highest BCUT2D eigenvalue weighted by Crippen LogP contribution is 1.49. The van der Waals surface area contributed by atoms with Crippen LogP contribution < -0.4 is 21.6 Å². The van der Waals surface area contributed by atoms with Crippen molar-refractivity contribution in [3.63, 3.8) is 0 Å². The van der Waals surface area contributed by atoms with Crippen molar-refractivity contribution in [2.75, 3.05) is 0 Å². The zero-order valence-electron chi connectivity index (χ0n) is 3.52. The molecule has 0 aliphatic heterocycles. The highest BCUT2D eigenvalue weighted by Gasteiger charge is 2.12. The van der Waals surface area contributed by atoms with Crippen LogP contribution in [0.25, 0.3) is 0 Å². The van der Waals surface area contributed by atoms with Gasteiger partial charge in [0.25, 0.3) is 8.08 Å². The average Bonchev–Trinajstić information content (AvgIpc) is 1.35. The predicted molar refractivity (Wildman–Crippen MR) is 31.0 cm³/mol. The number of nitrogens with two attached hydrogens (primary N) is 4. The zero-order chi connectivity index (χ0) is 5.21. The minimum atomic E-state index is -2.21. The Kier molecular flexibility index (Phi) is 1.90. The first-order valence-electron chi connectivity index (χ1n) is 1.63. The monoisotopic (exact) mass is 122 g/mol. The van der Waals surface area contributed by atoms with Gasteiger partial charge in [-0.2, -0.15) is 0 Å². The van der Waals surface area contributed by atoms with Gasteiger partial charge in [-0.3, -0.25) is 0 Å². The van der Waals surface area contributed by atoms with Crippen LogP contribution in [0.4, 0.5) is 0 Å². The van der Waals surface area contributed by atoms with E-state index in [9.17, 15) is 0 Å². The van der Waals surface area contributed by atoms with Gasteiger partial charge in [0.2, 0.25) is 0 Å². The van der Waals surface area contributed by atoms with Gasteiger partial charge in [0.05, 0.1) is 0 Å². The Hall–Kier alpha value is 0.274. The van der Waals surface area contributed by atoms with Crippen molar-refractivity contribution in [3.05, 3.63) is 0 Å². The maximum absolute atomic E-state index is 5.17. The first kappa shape index (κ1) is 6.27. The molecule has 6 heavy (non-hydrogen) atoms. The molecule has 0 spiro atoms. The molecule has 0 amide bonds. The maximum Gasteiger partial charge on any atom is 0.264 e. The Morgan fingerprint density at radius 2 is 1.33 bits per heavy atom. The van der Waals surface area contributed by atoms with E-state index in [1.165, 1.54) is 0 Å².